The molecule has 2 aromatic rings. The summed E-state index contributed by atoms with van der Waals surface area (Å²) in [6, 6.07) is 4.62. The molecule has 0 amide bonds. The number of pyridine rings is 1. The highest BCUT2D eigenvalue weighted by molar-refractivity contribution is 7.92. The summed E-state index contributed by atoms with van der Waals surface area (Å²) < 4.78 is 26.7. The number of nitrogens with zero attached hydrogens (tertiary/aromatic N) is 1. The molecule has 0 aliphatic heterocycles. The van der Waals surface area contributed by atoms with Crippen LogP contribution >= 0.6 is 0 Å². The monoisotopic (exact) mass is 308 g/mol. The molecule has 1 aromatic heterocycles. The summed E-state index contributed by atoms with van der Waals surface area (Å²) in [5.41, 5.74) is 0.548. The van der Waals surface area contributed by atoms with Crippen molar-refractivity contribution in [1.82, 2.24) is 4.98 Å². The van der Waals surface area contributed by atoms with E-state index >= 15 is 0 Å². The van der Waals surface area contributed by atoms with Crippen LogP contribution in [0.25, 0.3) is 0 Å². The average Bonchev–Trinajstić information content (AvgIpc) is 2.38. The van der Waals surface area contributed by atoms with Gasteiger partial charge in [0, 0.05) is 6.20 Å². The van der Waals surface area contributed by atoms with Gasteiger partial charge in [0.25, 0.3) is 10.0 Å². The molecule has 0 bridgehead atoms. The number of phenols is 1. The number of anilines is 1. The Balaban J connectivity index is 2.40. The van der Waals surface area contributed by atoms with E-state index in [4.69, 9.17) is 5.11 Å². The number of aromatic carboxylic acids is 1. The zero-order valence-electron chi connectivity index (χ0n) is 10.9. The number of aromatic nitrogens is 1. The molecule has 0 unspecified atom stereocenters. The van der Waals surface area contributed by atoms with Gasteiger partial charge in [0.15, 0.2) is 0 Å². The highest BCUT2D eigenvalue weighted by atomic mass is 32.2. The molecular weight excluding hydrogens is 296 g/mol. The van der Waals surface area contributed by atoms with Gasteiger partial charge < -0.3 is 10.2 Å². The Morgan fingerprint density at radius 3 is 2.57 bits per heavy atom. The summed E-state index contributed by atoms with van der Waals surface area (Å²) in [5, 5.41) is 18.3. The number of rotatable bonds is 4. The second-order valence-corrected chi connectivity index (χ2v) is 6.02. The van der Waals surface area contributed by atoms with Crippen molar-refractivity contribution < 1.29 is 23.4 Å². The normalized spacial score (nSPS) is 11.1. The molecule has 21 heavy (non-hydrogen) atoms. The third kappa shape index (κ3) is 3.29. The van der Waals surface area contributed by atoms with E-state index in [1.54, 1.807) is 19.2 Å². The number of aryl methyl sites for hydroxylation is 1. The smallest absolute Gasteiger partial charge is 0.339 e. The molecule has 0 saturated carbocycles. The molecule has 0 spiro atoms. The molecule has 0 radical (unpaired) electrons. The van der Waals surface area contributed by atoms with Crippen LogP contribution in [-0.2, 0) is 10.0 Å². The van der Waals surface area contributed by atoms with Crippen molar-refractivity contribution in [1.29, 1.82) is 0 Å². The molecule has 0 aliphatic carbocycles. The fourth-order valence-corrected chi connectivity index (χ4v) is 2.74. The lowest BCUT2D eigenvalue weighted by Crippen LogP contribution is -2.14. The summed E-state index contributed by atoms with van der Waals surface area (Å²) in [6.07, 6.45) is 2.91. The summed E-state index contributed by atoms with van der Waals surface area (Å²) in [6.45, 7) is 1.76. The highest BCUT2D eigenvalue weighted by Gasteiger charge is 2.19. The van der Waals surface area contributed by atoms with Gasteiger partial charge in [-0.2, -0.15) is 0 Å². The first-order chi connectivity index (χ1) is 9.79. The first-order valence-corrected chi connectivity index (χ1v) is 7.29. The fraction of sp³-hybridized carbons (Fsp3) is 0.0769. The van der Waals surface area contributed by atoms with Gasteiger partial charge in [-0.05, 0) is 36.8 Å². The van der Waals surface area contributed by atoms with Crippen LogP contribution in [0.3, 0.4) is 0 Å². The quantitative estimate of drug-likeness (QED) is 0.789. The molecule has 7 nitrogen and oxygen atoms in total. The number of carboxylic acids is 1. The lowest BCUT2D eigenvalue weighted by molar-refractivity contribution is 0.0693. The van der Waals surface area contributed by atoms with Gasteiger partial charge in [0.2, 0.25) is 0 Å². The minimum Gasteiger partial charge on any atom is -0.507 e. The van der Waals surface area contributed by atoms with Crippen LogP contribution in [0.2, 0.25) is 0 Å². The average molecular weight is 308 g/mol. The van der Waals surface area contributed by atoms with Gasteiger partial charge in [0.1, 0.15) is 11.3 Å². The number of hydrogen-bond acceptors (Lipinski definition) is 5. The van der Waals surface area contributed by atoms with Crippen LogP contribution in [0.15, 0.2) is 41.6 Å². The van der Waals surface area contributed by atoms with Crippen LogP contribution in [-0.4, -0.2) is 29.6 Å². The van der Waals surface area contributed by atoms with E-state index in [1.807, 2.05) is 0 Å². The largest absolute Gasteiger partial charge is 0.507 e. The Bertz CT molecular complexity index is 802. The zero-order valence-corrected chi connectivity index (χ0v) is 11.8. The van der Waals surface area contributed by atoms with Crippen molar-refractivity contribution in [2.24, 2.45) is 0 Å². The molecule has 0 fully saturated rings. The van der Waals surface area contributed by atoms with E-state index in [0.29, 0.717) is 0 Å². The predicted octanol–water partition coefficient (Wildman–Crippen LogP) is 1.59. The van der Waals surface area contributed by atoms with Gasteiger partial charge in [-0.25, -0.2) is 13.2 Å². The first-order valence-electron chi connectivity index (χ1n) is 5.80. The number of carboxylic acid groups (broad SMARTS) is 1. The number of nitrogens with one attached hydrogen (secondary N) is 1. The Morgan fingerprint density at radius 1 is 1.24 bits per heavy atom. The maximum atomic E-state index is 12.2. The third-order valence-electron chi connectivity index (χ3n) is 2.64. The minimum absolute atomic E-state index is 0.264. The fourth-order valence-electron chi connectivity index (χ4n) is 1.68. The van der Waals surface area contributed by atoms with Crippen molar-refractivity contribution >= 4 is 21.7 Å². The summed E-state index contributed by atoms with van der Waals surface area (Å²) in [4.78, 5) is 14.5. The van der Waals surface area contributed by atoms with Gasteiger partial charge in [-0.15, -0.1) is 0 Å². The van der Waals surface area contributed by atoms with Crippen molar-refractivity contribution in [2.45, 2.75) is 11.8 Å². The Hall–Kier alpha value is -2.61. The van der Waals surface area contributed by atoms with E-state index in [0.717, 1.165) is 23.8 Å². The lowest BCUT2D eigenvalue weighted by atomic mass is 10.2. The lowest BCUT2D eigenvalue weighted by Gasteiger charge is -2.09. The Labute approximate surface area is 120 Å². The highest BCUT2D eigenvalue weighted by Crippen LogP contribution is 2.23. The van der Waals surface area contributed by atoms with Crippen LogP contribution in [0.1, 0.15) is 15.9 Å². The van der Waals surface area contributed by atoms with Gasteiger partial charge in [-0.3, -0.25) is 9.71 Å². The molecule has 0 saturated heterocycles. The molecule has 0 aliphatic rings. The molecule has 1 aromatic carbocycles. The van der Waals surface area contributed by atoms with E-state index in [2.05, 4.69) is 9.71 Å². The second-order valence-electron chi connectivity index (χ2n) is 4.34. The van der Waals surface area contributed by atoms with Gasteiger partial charge in [0.05, 0.1) is 16.8 Å². The van der Waals surface area contributed by atoms with Crippen LogP contribution in [0, 0.1) is 6.92 Å². The van der Waals surface area contributed by atoms with E-state index in [1.165, 1.54) is 6.20 Å². The maximum Gasteiger partial charge on any atom is 0.339 e. The van der Waals surface area contributed by atoms with E-state index < -0.39 is 27.3 Å². The molecule has 3 N–H and O–H groups in total. The summed E-state index contributed by atoms with van der Waals surface area (Å²) >= 11 is 0. The Kier molecular flexibility index (Phi) is 3.81. The number of hydrogen-bond donors (Lipinski definition) is 3. The van der Waals surface area contributed by atoms with Crippen LogP contribution in [0.5, 0.6) is 5.75 Å². The SMILES string of the molecule is Cc1cncc(NS(=O)(=O)c2ccc(O)c(C(=O)O)c2)c1. The number of sulfonamides is 1. The molecular formula is C13H12N2O5S. The van der Waals surface area contributed by atoms with Crippen molar-refractivity contribution in [3.8, 4) is 5.75 Å². The summed E-state index contributed by atoms with van der Waals surface area (Å²) in [7, 11) is -3.97. The molecule has 8 heteroatoms. The molecule has 110 valence electrons. The maximum absolute atomic E-state index is 12.2. The van der Waals surface area contributed by atoms with Crippen molar-refractivity contribution in [3.63, 3.8) is 0 Å². The molecule has 2 rings (SSSR count). The van der Waals surface area contributed by atoms with Crippen molar-refractivity contribution in [3.05, 3.63) is 47.8 Å². The van der Waals surface area contributed by atoms with E-state index in [-0.39, 0.29) is 10.6 Å². The van der Waals surface area contributed by atoms with Crippen molar-refractivity contribution in [2.75, 3.05) is 4.72 Å². The number of benzene rings is 1. The van der Waals surface area contributed by atoms with Crippen LogP contribution < -0.4 is 4.72 Å². The summed E-state index contributed by atoms with van der Waals surface area (Å²) in [5.74, 6) is -1.92. The van der Waals surface area contributed by atoms with Gasteiger partial charge >= 0.3 is 5.97 Å². The first kappa shape index (κ1) is 14.8. The number of carbonyl (C=O) groups is 1. The zero-order chi connectivity index (χ0) is 15.6. The standard InChI is InChI=1S/C13H12N2O5S/c1-8-4-9(7-14-6-8)15-21(19,20)10-2-3-12(16)11(5-10)13(17)18/h2-7,15-16H,1H3,(H,17,18). The Morgan fingerprint density at radius 2 is 1.95 bits per heavy atom. The van der Waals surface area contributed by atoms with Crippen LogP contribution in [0.4, 0.5) is 5.69 Å². The molecule has 1 heterocycles. The minimum atomic E-state index is -3.97. The third-order valence-corrected chi connectivity index (χ3v) is 4.01. The number of aromatic hydroxyl groups is 1. The topological polar surface area (TPSA) is 117 Å². The second kappa shape index (κ2) is 5.41. The predicted molar refractivity (Wildman–Crippen MR) is 74.8 cm³/mol. The van der Waals surface area contributed by atoms with E-state index in [9.17, 15) is 18.3 Å². The van der Waals surface area contributed by atoms with Gasteiger partial charge in [-0.1, -0.05) is 0 Å². The molecule has 0 atom stereocenters.